The standard InChI is InChI=1S/C13H12NO/c1-10-7-11(2)9-12(8-10)15-13-5-3-4-6-14-13/h3,5-9H,1-2H3. The van der Waals surface area contributed by atoms with Gasteiger partial charge in [-0.2, -0.15) is 0 Å². The van der Waals surface area contributed by atoms with E-state index in [0.29, 0.717) is 5.88 Å². The highest BCUT2D eigenvalue weighted by Crippen LogP contribution is 2.21. The monoisotopic (exact) mass is 198 g/mol. The molecule has 1 aromatic carbocycles. The zero-order valence-corrected chi connectivity index (χ0v) is 8.82. The number of pyridine rings is 1. The van der Waals surface area contributed by atoms with E-state index in [1.54, 1.807) is 18.3 Å². The molecule has 0 aliphatic heterocycles. The molecule has 1 radical (unpaired) electrons. The minimum atomic E-state index is 0.596. The second kappa shape index (κ2) is 4.13. The van der Waals surface area contributed by atoms with E-state index in [1.807, 2.05) is 26.0 Å². The van der Waals surface area contributed by atoms with Gasteiger partial charge in [0, 0.05) is 18.3 Å². The summed E-state index contributed by atoms with van der Waals surface area (Å²) in [6.07, 6.45) is 1.60. The van der Waals surface area contributed by atoms with Crippen molar-refractivity contribution in [2.24, 2.45) is 0 Å². The fourth-order valence-corrected chi connectivity index (χ4v) is 1.48. The summed E-state index contributed by atoms with van der Waals surface area (Å²) in [6, 6.07) is 12.5. The van der Waals surface area contributed by atoms with E-state index < -0.39 is 0 Å². The van der Waals surface area contributed by atoms with E-state index in [9.17, 15) is 0 Å². The Balaban J connectivity index is 2.25. The molecule has 0 saturated heterocycles. The summed E-state index contributed by atoms with van der Waals surface area (Å²) < 4.78 is 5.61. The Kier molecular flexibility index (Phi) is 2.68. The van der Waals surface area contributed by atoms with E-state index in [4.69, 9.17) is 4.74 Å². The Bertz CT molecular complexity index is 431. The molecule has 0 fully saturated rings. The molecule has 0 aliphatic carbocycles. The van der Waals surface area contributed by atoms with Crippen molar-refractivity contribution in [2.75, 3.05) is 0 Å². The summed E-state index contributed by atoms with van der Waals surface area (Å²) in [5.74, 6) is 1.42. The zero-order valence-electron chi connectivity index (χ0n) is 8.82. The fraction of sp³-hybridized carbons (Fsp3) is 0.154. The van der Waals surface area contributed by atoms with Crippen molar-refractivity contribution < 1.29 is 4.74 Å². The molecule has 0 aliphatic rings. The van der Waals surface area contributed by atoms with E-state index in [2.05, 4.69) is 17.1 Å². The quantitative estimate of drug-likeness (QED) is 0.738. The van der Waals surface area contributed by atoms with Crippen molar-refractivity contribution in [3.63, 3.8) is 0 Å². The van der Waals surface area contributed by atoms with Crippen LogP contribution in [0.15, 0.2) is 36.5 Å². The number of aryl methyl sites for hydroxylation is 2. The Labute approximate surface area is 89.6 Å². The molecule has 75 valence electrons. The topological polar surface area (TPSA) is 22.1 Å². The molecule has 2 nitrogen and oxygen atoms in total. The van der Waals surface area contributed by atoms with Gasteiger partial charge in [-0.15, -0.1) is 0 Å². The van der Waals surface area contributed by atoms with E-state index >= 15 is 0 Å². The lowest BCUT2D eigenvalue weighted by Crippen LogP contribution is -1.88. The van der Waals surface area contributed by atoms with Crippen molar-refractivity contribution in [1.82, 2.24) is 4.98 Å². The highest BCUT2D eigenvalue weighted by atomic mass is 16.5. The second-order valence-electron chi connectivity index (χ2n) is 3.52. The first-order valence-corrected chi connectivity index (χ1v) is 4.82. The van der Waals surface area contributed by atoms with Crippen LogP contribution in [0.4, 0.5) is 0 Å². The molecule has 0 unspecified atom stereocenters. The number of ether oxygens (including phenoxy) is 1. The van der Waals surface area contributed by atoms with Crippen molar-refractivity contribution in [3.05, 3.63) is 53.7 Å². The van der Waals surface area contributed by atoms with Gasteiger partial charge in [0.2, 0.25) is 5.88 Å². The molecule has 0 spiro atoms. The van der Waals surface area contributed by atoms with E-state index in [-0.39, 0.29) is 0 Å². The van der Waals surface area contributed by atoms with Gasteiger partial charge in [0.1, 0.15) is 5.75 Å². The predicted octanol–water partition coefficient (Wildman–Crippen LogP) is 3.29. The second-order valence-corrected chi connectivity index (χ2v) is 3.52. The fourth-order valence-electron chi connectivity index (χ4n) is 1.48. The predicted molar refractivity (Wildman–Crippen MR) is 59.1 cm³/mol. The average molecular weight is 198 g/mol. The minimum Gasteiger partial charge on any atom is -0.439 e. The lowest BCUT2D eigenvalue weighted by molar-refractivity contribution is 0.462. The molecular formula is C13H12NO. The summed E-state index contributed by atoms with van der Waals surface area (Å²) in [5, 5.41) is 0. The van der Waals surface area contributed by atoms with Crippen molar-refractivity contribution in [1.29, 1.82) is 0 Å². The van der Waals surface area contributed by atoms with Crippen molar-refractivity contribution in [3.8, 4) is 11.6 Å². The SMILES string of the molecule is Cc1cc(C)cc(Oc2cc[c]cn2)c1. The van der Waals surface area contributed by atoms with Crippen molar-refractivity contribution >= 4 is 0 Å². The summed E-state index contributed by atoms with van der Waals surface area (Å²) >= 11 is 0. The van der Waals surface area contributed by atoms with Gasteiger partial charge in [0.15, 0.2) is 0 Å². The van der Waals surface area contributed by atoms with Gasteiger partial charge >= 0.3 is 0 Å². The maximum atomic E-state index is 5.61. The number of nitrogens with zero attached hydrogens (tertiary/aromatic N) is 1. The van der Waals surface area contributed by atoms with Crippen LogP contribution >= 0.6 is 0 Å². The molecule has 2 heteroatoms. The van der Waals surface area contributed by atoms with Gasteiger partial charge in [-0.05, 0) is 43.2 Å². The largest absolute Gasteiger partial charge is 0.439 e. The van der Waals surface area contributed by atoms with Gasteiger partial charge < -0.3 is 4.74 Å². The Hall–Kier alpha value is -1.83. The molecule has 1 aromatic heterocycles. The van der Waals surface area contributed by atoms with E-state index in [1.165, 1.54) is 11.1 Å². The third kappa shape index (κ3) is 2.56. The highest BCUT2D eigenvalue weighted by molar-refractivity contribution is 5.35. The third-order valence-corrected chi connectivity index (χ3v) is 2.01. The summed E-state index contributed by atoms with van der Waals surface area (Å²) in [4.78, 5) is 4.06. The van der Waals surface area contributed by atoms with Crippen LogP contribution in [0.2, 0.25) is 0 Å². The maximum Gasteiger partial charge on any atom is 0.219 e. The van der Waals surface area contributed by atoms with Gasteiger partial charge in [-0.3, -0.25) is 0 Å². The summed E-state index contributed by atoms with van der Waals surface area (Å²) in [5.41, 5.74) is 2.37. The molecule has 0 saturated carbocycles. The van der Waals surface area contributed by atoms with Crippen LogP contribution in [0.3, 0.4) is 0 Å². The lowest BCUT2D eigenvalue weighted by Gasteiger charge is -2.06. The average Bonchev–Trinajstić information content (AvgIpc) is 2.17. The molecule has 0 amide bonds. The molecule has 0 atom stereocenters. The molecule has 0 N–H and O–H groups in total. The van der Waals surface area contributed by atoms with Crippen LogP contribution < -0.4 is 4.74 Å². The normalized spacial score (nSPS) is 10.0. The Morgan fingerprint density at radius 2 is 1.87 bits per heavy atom. The lowest BCUT2D eigenvalue weighted by atomic mass is 10.1. The Morgan fingerprint density at radius 1 is 1.13 bits per heavy atom. The van der Waals surface area contributed by atoms with Crippen LogP contribution in [-0.2, 0) is 0 Å². The van der Waals surface area contributed by atoms with Gasteiger partial charge in [-0.1, -0.05) is 6.07 Å². The minimum absolute atomic E-state index is 0.596. The summed E-state index contributed by atoms with van der Waals surface area (Å²) in [6.45, 7) is 4.10. The molecule has 2 aromatic rings. The molecule has 2 rings (SSSR count). The van der Waals surface area contributed by atoms with Crippen LogP contribution in [0.25, 0.3) is 0 Å². The summed E-state index contributed by atoms with van der Waals surface area (Å²) in [7, 11) is 0. The van der Waals surface area contributed by atoms with E-state index in [0.717, 1.165) is 5.75 Å². The molecule has 1 heterocycles. The number of hydrogen-bond acceptors (Lipinski definition) is 2. The number of rotatable bonds is 2. The van der Waals surface area contributed by atoms with Gasteiger partial charge in [0.25, 0.3) is 0 Å². The first kappa shape index (κ1) is 9.71. The first-order chi connectivity index (χ1) is 7.24. The molecular weight excluding hydrogens is 186 g/mol. The molecule has 15 heavy (non-hydrogen) atoms. The van der Waals surface area contributed by atoms with Crippen LogP contribution in [0.5, 0.6) is 11.6 Å². The van der Waals surface area contributed by atoms with Crippen LogP contribution in [0.1, 0.15) is 11.1 Å². The smallest absolute Gasteiger partial charge is 0.219 e. The first-order valence-electron chi connectivity index (χ1n) is 4.82. The number of benzene rings is 1. The van der Waals surface area contributed by atoms with Gasteiger partial charge in [0.05, 0.1) is 0 Å². The van der Waals surface area contributed by atoms with Crippen LogP contribution in [0, 0.1) is 19.9 Å². The zero-order chi connectivity index (χ0) is 10.7. The Morgan fingerprint density at radius 3 is 2.47 bits per heavy atom. The molecule has 0 bridgehead atoms. The van der Waals surface area contributed by atoms with Crippen LogP contribution in [-0.4, -0.2) is 4.98 Å². The number of aromatic nitrogens is 1. The number of hydrogen-bond donors (Lipinski definition) is 0. The van der Waals surface area contributed by atoms with Gasteiger partial charge in [-0.25, -0.2) is 4.98 Å². The highest BCUT2D eigenvalue weighted by Gasteiger charge is 1.99. The maximum absolute atomic E-state index is 5.61. The van der Waals surface area contributed by atoms with Crippen molar-refractivity contribution in [2.45, 2.75) is 13.8 Å². The third-order valence-electron chi connectivity index (χ3n) is 2.01.